The van der Waals surface area contributed by atoms with Crippen LogP contribution in [0, 0.1) is 6.92 Å². The summed E-state index contributed by atoms with van der Waals surface area (Å²) in [5, 5.41) is 3.81. The van der Waals surface area contributed by atoms with E-state index in [1.807, 2.05) is 23.8 Å². The van der Waals surface area contributed by atoms with Crippen LogP contribution in [0.2, 0.25) is 0 Å². The lowest BCUT2D eigenvalue weighted by atomic mass is 10.4. The third kappa shape index (κ3) is 1.67. The Morgan fingerprint density at radius 3 is 3.07 bits per heavy atom. The van der Waals surface area contributed by atoms with Crippen molar-refractivity contribution in [1.82, 2.24) is 14.7 Å². The Hall–Kier alpha value is -1.62. The highest BCUT2D eigenvalue weighted by Gasteiger charge is 2.04. The largest absolute Gasteiger partial charge is 0.359 e. The number of nitrogens with zero attached hydrogens (tertiary/aromatic N) is 3. The van der Waals surface area contributed by atoms with Crippen LogP contribution < -0.4 is 5.73 Å². The first-order valence-electron chi connectivity index (χ1n) is 4.42. The monoisotopic (exact) mass is 192 g/mol. The summed E-state index contributed by atoms with van der Waals surface area (Å²) in [7, 11) is 0. The van der Waals surface area contributed by atoms with Gasteiger partial charge in [0.05, 0.1) is 18.8 Å². The molecule has 5 nitrogen and oxygen atoms in total. The van der Waals surface area contributed by atoms with Crippen LogP contribution in [0.3, 0.4) is 0 Å². The second-order valence-electron chi connectivity index (χ2n) is 3.11. The zero-order chi connectivity index (χ0) is 9.97. The summed E-state index contributed by atoms with van der Waals surface area (Å²) in [5.41, 5.74) is 6.41. The SMILES string of the molecule is Cc1cc(Cn2ccnc2CN)on1. The first-order valence-corrected chi connectivity index (χ1v) is 4.42. The van der Waals surface area contributed by atoms with E-state index < -0.39 is 0 Å². The Kier molecular flexibility index (Phi) is 2.32. The molecule has 74 valence electrons. The second kappa shape index (κ2) is 3.63. The fourth-order valence-corrected chi connectivity index (χ4v) is 1.33. The molecule has 0 atom stereocenters. The Bertz CT molecular complexity index is 418. The van der Waals surface area contributed by atoms with E-state index in [1.165, 1.54) is 0 Å². The minimum Gasteiger partial charge on any atom is -0.359 e. The van der Waals surface area contributed by atoms with Crippen molar-refractivity contribution in [2.75, 3.05) is 0 Å². The van der Waals surface area contributed by atoms with Gasteiger partial charge in [0, 0.05) is 18.5 Å². The van der Waals surface area contributed by atoms with E-state index in [2.05, 4.69) is 10.1 Å². The van der Waals surface area contributed by atoms with Crippen LogP contribution in [0.5, 0.6) is 0 Å². The van der Waals surface area contributed by atoms with Crippen molar-refractivity contribution < 1.29 is 4.52 Å². The Morgan fingerprint density at radius 2 is 2.43 bits per heavy atom. The number of nitrogens with two attached hydrogens (primary N) is 1. The molecule has 14 heavy (non-hydrogen) atoms. The zero-order valence-corrected chi connectivity index (χ0v) is 7.97. The van der Waals surface area contributed by atoms with Gasteiger partial charge in [0.15, 0.2) is 5.76 Å². The van der Waals surface area contributed by atoms with Crippen LogP contribution in [0.4, 0.5) is 0 Å². The molecule has 0 unspecified atom stereocenters. The molecule has 2 aromatic heterocycles. The van der Waals surface area contributed by atoms with Gasteiger partial charge in [-0.05, 0) is 6.92 Å². The van der Waals surface area contributed by atoms with Crippen LogP contribution in [-0.4, -0.2) is 14.7 Å². The summed E-state index contributed by atoms with van der Waals surface area (Å²) in [5.74, 6) is 1.66. The van der Waals surface area contributed by atoms with Gasteiger partial charge in [-0.2, -0.15) is 0 Å². The van der Waals surface area contributed by atoms with Gasteiger partial charge in [-0.25, -0.2) is 4.98 Å². The molecule has 0 radical (unpaired) electrons. The second-order valence-corrected chi connectivity index (χ2v) is 3.11. The van der Waals surface area contributed by atoms with Gasteiger partial charge in [0.1, 0.15) is 5.82 Å². The molecular weight excluding hydrogens is 180 g/mol. The van der Waals surface area contributed by atoms with Gasteiger partial charge < -0.3 is 14.8 Å². The lowest BCUT2D eigenvalue weighted by molar-refractivity contribution is 0.371. The average molecular weight is 192 g/mol. The highest BCUT2D eigenvalue weighted by Crippen LogP contribution is 2.06. The molecule has 2 rings (SSSR count). The number of aryl methyl sites for hydroxylation is 1. The molecule has 0 spiro atoms. The maximum absolute atomic E-state index is 5.52. The number of rotatable bonds is 3. The third-order valence-electron chi connectivity index (χ3n) is 1.99. The number of hydrogen-bond acceptors (Lipinski definition) is 4. The van der Waals surface area contributed by atoms with Gasteiger partial charge in [0.25, 0.3) is 0 Å². The fourth-order valence-electron chi connectivity index (χ4n) is 1.33. The highest BCUT2D eigenvalue weighted by atomic mass is 16.5. The fraction of sp³-hybridized carbons (Fsp3) is 0.333. The molecule has 0 aromatic carbocycles. The molecule has 0 aliphatic carbocycles. The predicted octanol–water partition coefficient (Wildman–Crippen LogP) is 0.687. The summed E-state index contributed by atoms with van der Waals surface area (Å²) in [6.45, 7) is 2.96. The molecule has 0 saturated carbocycles. The van der Waals surface area contributed by atoms with Crippen LogP contribution in [0.15, 0.2) is 23.0 Å². The minimum absolute atomic E-state index is 0.431. The first-order chi connectivity index (χ1) is 6.79. The van der Waals surface area contributed by atoms with E-state index in [1.54, 1.807) is 6.20 Å². The summed E-state index contributed by atoms with van der Waals surface area (Å²) < 4.78 is 7.04. The van der Waals surface area contributed by atoms with Gasteiger partial charge in [-0.15, -0.1) is 0 Å². The Balaban J connectivity index is 2.18. The lowest BCUT2D eigenvalue weighted by Gasteiger charge is -2.01. The standard InChI is InChI=1S/C9H12N4O/c1-7-4-8(14-12-7)6-13-3-2-11-9(13)5-10/h2-4H,5-6,10H2,1H3. The van der Waals surface area contributed by atoms with E-state index in [-0.39, 0.29) is 0 Å². The van der Waals surface area contributed by atoms with E-state index in [0.29, 0.717) is 13.1 Å². The van der Waals surface area contributed by atoms with Gasteiger partial charge in [0.2, 0.25) is 0 Å². The summed E-state index contributed by atoms with van der Waals surface area (Å²) >= 11 is 0. The van der Waals surface area contributed by atoms with E-state index >= 15 is 0 Å². The minimum atomic E-state index is 0.431. The van der Waals surface area contributed by atoms with Crippen LogP contribution in [-0.2, 0) is 13.1 Å². The summed E-state index contributed by atoms with van der Waals surface area (Å²) in [6, 6.07) is 1.90. The topological polar surface area (TPSA) is 69.9 Å². The maximum atomic E-state index is 5.52. The van der Waals surface area contributed by atoms with Crippen molar-refractivity contribution in [3.05, 3.63) is 35.7 Å². The van der Waals surface area contributed by atoms with Gasteiger partial charge in [-0.1, -0.05) is 5.16 Å². The maximum Gasteiger partial charge on any atom is 0.156 e. The lowest BCUT2D eigenvalue weighted by Crippen LogP contribution is -2.08. The predicted molar refractivity (Wildman–Crippen MR) is 50.5 cm³/mol. The molecule has 0 amide bonds. The quantitative estimate of drug-likeness (QED) is 0.776. The molecule has 2 N–H and O–H groups in total. The van der Waals surface area contributed by atoms with E-state index in [0.717, 1.165) is 17.3 Å². The van der Waals surface area contributed by atoms with Gasteiger partial charge in [-0.3, -0.25) is 0 Å². The molecule has 2 heterocycles. The Morgan fingerprint density at radius 1 is 1.57 bits per heavy atom. The van der Waals surface area contributed by atoms with Crippen LogP contribution in [0.25, 0.3) is 0 Å². The number of imidazole rings is 1. The van der Waals surface area contributed by atoms with E-state index in [9.17, 15) is 0 Å². The highest BCUT2D eigenvalue weighted by molar-refractivity contribution is 5.05. The molecule has 0 aliphatic rings. The molecule has 0 fully saturated rings. The summed E-state index contributed by atoms with van der Waals surface area (Å²) in [6.07, 6.45) is 3.60. The van der Waals surface area contributed by atoms with Gasteiger partial charge >= 0.3 is 0 Å². The first kappa shape index (κ1) is 8.96. The smallest absolute Gasteiger partial charge is 0.156 e. The van der Waals surface area contributed by atoms with Crippen molar-refractivity contribution in [3.8, 4) is 0 Å². The number of hydrogen-bond donors (Lipinski definition) is 1. The van der Waals surface area contributed by atoms with Crippen molar-refractivity contribution in [3.63, 3.8) is 0 Å². The molecular formula is C9H12N4O. The zero-order valence-electron chi connectivity index (χ0n) is 7.97. The van der Waals surface area contributed by atoms with Crippen molar-refractivity contribution in [1.29, 1.82) is 0 Å². The normalized spacial score (nSPS) is 10.7. The van der Waals surface area contributed by atoms with Crippen LogP contribution >= 0.6 is 0 Å². The van der Waals surface area contributed by atoms with Crippen LogP contribution in [0.1, 0.15) is 17.3 Å². The summed E-state index contributed by atoms with van der Waals surface area (Å²) in [4.78, 5) is 4.11. The van der Waals surface area contributed by atoms with Crippen molar-refractivity contribution >= 4 is 0 Å². The van der Waals surface area contributed by atoms with Crippen molar-refractivity contribution in [2.45, 2.75) is 20.0 Å². The third-order valence-corrected chi connectivity index (χ3v) is 1.99. The average Bonchev–Trinajstić information content (AvgIpc) is 2.76. The molecule has 5 heteroatoms. The molecule has 0 bridgehead atoms. The molecule has 2 aromatic rings. The Labute approximate surface area is 81.5 Å². The van der Waals surface area contributed by atoms with Crippen molar-refractivity contribution in [2.24, 2.45) is 5.73 Å². The molecule has 0 aliphatic heterocycles. The van der Waals surface area contributed by atoms with E-state index in [4.69, 9.17) is 10.3 Å². The molecule has 0 saturated heterocycles. The number of aromatic nitrogens is 3.